The van der Waals surface area contributed by atoms with Crippen LogP contribution in [0.2, 0.25) is 0 Å². The molecule has 0 radical (unpaired) electrons. The molecule has 3 rings (SSSR count). The number of hydrogen-bond donors (Lipinski definition) is 2. The fourth-order valence-corrected chi connectivity index (χ4v) is 2.87. The molecule has 1 saturated heterocycles. The zero-order chi connectivity index (χ0) is 16.9. The third-order valence-electron chi connectivity index (χ3n) is 4.14. The van der Waals surface area contributed by atoms with Gasteiger partial charge in [0.15, 0.2) is 0 Å². The summed E-state index contributed by atoms with van der Waals surface area (Å²) in [7, 11) is 0. The minimum atomic E-state index is -0.475. The van der Waals surface area contributed by atoms with E-state index in [2.05, 4.69) is 10.6 Å². The topological polar surface area (TPSA) is 76.7 Å². The summed E-state index contributed by atoms with van der Waals surface area (Å²) in [5.74, 6) is 1.09. The van der Waals surface area contributed by atoms with Crippen molar-refractivity contribution in [2.75, 3.05) is 19.8 Å². The van der Waals surface area contributed by atoms with Gasteiger partial charge in [0.25, 0.3) is 5.91 Å². The largest absolute Gasteiger partial charge is 0.494 e. The fourth-order valence-electron chi connectivity index (χ4n) is 2.87. The Labute approximate surface area is 141 Å². The van der Waals surface area contributed by atoms with Gasteiger partial charge in [0.05, 0.1) is 12.2 Å². The van der Waals surface area contributed by atoms with E-state index < -0.39 is 6.04 Å². The zero-order valence-electron chi connectivity index (χ0n) is 13.8. The van der Waals surface area contributed by atoms with Crippen molar-refractivity contribution in [3.63, 3.8) is 0 Å². The van der Waals surface area contributed by atoms with Gasteiger partial charge in [-0.25, -0.2) is 0 Å². The second kappa shape index (κ2) is 7.38. The summed E-state index contributed by atoms with van der Waals surface area (Å²) >= 11 is 0. The van der Waals surface area contributed by atoms with Crippen LogP contribution in [-0.2, 0) is 9.59 Å². The predicted molar refractivity (Wildman–Crippen MR) is 89.9 cm³/mol. The van der Waals surface area contributed by atoms with Gasteiger partial charge < -0.3 is 20.1 Å². The molecule has 6 nitrogen and oxygen atoms in total. The number of carbonyl (C=O) groups excluding carboxylic acids is 2. The van der Waals surface area contributed by atoms with Crippen LogP contribution in [0.4, 0.5) is 0 Å². The van der Waals surface area contributed by atoms with Crippen molar-refractivity contribution >= 4 is 17.9 Å². The zero-order valence-corrected chi connectivity index (χ0v) is 13.8. The number of ether oxygens (including phenoxy) is 2. The van der Waals surface area contributed by atoms with Crippen LogP contribution in [0.1, 0.15) is 31.7 Å². The van der Waals surface area contributed by atoms with E-state index in [-0.39, 0.29) is 18.4 Å². The van der Waals surface area contributed by atoms with Crippen LogP contribution >= 0.6 is 0 Å². The quantitative estimate of drug-likeness (QED) is 0.880. The molecule has 2 aliphatic heterocycles. The third kappa shape index (κ3) is 3.69. The molecule has 2 amide bonds. The highest BCUT2D eigenvalue weighted by Gasteiger charge is 2.25. The van der Waals surface area contributed by atoms with Crippen molar-refractivity contribution in [3.8, 4) is 11.5 Å². The van der Waals surface area contributed by atoms with E-state index >= 15 is 0 Å². The summed E-state index contributed by atoms with van der Waals surface area (Å²) in [5.41, 5.74) is 1.32. The van der Waals surface area contributed by atoms with Gasteiger partial charge in [0, 0.05) is 12.1 Å². The Bertz CT molecular complexity index is 669. The molecule has 0 saturated carbocycles. The minimum absolute atomic E-state index is 0.114. The number of fused-ring (bicyclic) bond motifs is 1. The summed E-state index contributed by atoms with van der Waals surface area (Å²) in [4.78, 5) is 24.4. The van der Waals surface area contributed by atoms with Crippen molar-refractivity contribution < 1.29 is 19.1 Å². The third-order valence-corrected chi connectivity index (χ3v) is 4.14. The van der Waals surface area contributed by atoms with Crippen molar-refractivity contribution in [1.82, 2.24) is 10.6 Å². The number of amides is 2. The predicted octanol–water partition coefficient (Wildman–Crippen LogP) is 1.65. The van der Waals surface area contributed by atoms with E-state index in [0.717, 1.165) is 29.9 Å². The average Bonchev–Trinajstić information content (AvgIpc) is 2.79. The number of hydrogen-bond acceptors (Lipinski definition) is 4. The van der Waals surface area contributed by atoms with Gasteiger partial charge in [0.2, 0.25) is 5.91 Å². The summed E-state index contributed by atoms with van der Waals surface area (Å²) < 4.78 is 11.1. The van der Waals surface area contributed by atoms with Crippen molar-refractivity contribution in [2.45, 2.75) is 32.2 Å². The van der Waals surface area contributed by atoms with Gasteiger partial charge in [-0.3, -0.25) is 9.59 Å². The summed E-state index contributed by atoms with van der Waals surface area (Å²) in [6.45, 7) is 3.36. The lowest BCUT2D eigenvalue weighted by molar-refractivity contribution is -0.127. The average molecular weight is 330 g/mol. The molecule has 0 aliphatic carbocycles. The molecule has 2 heterocycles. The fraction of sp³-hybridized carbons (Fsp3) is 0.444. The van der Waals surface area contributed by atoms with Gasteiger partial charge in [0.1, 0.15) is 24.1 Å². The first-order valence-electron chi connectivity index (χ1n) is 8.36. The van der Waals surface area contributed by atoms with Crippen LogP contribution in [0.5, 0.6) is 11.5 Å². The van der Waals surface area contributed by atoms with E-state index in [1.54, 1.807) is 6.08 Å². The molecule has 24 heavy (non-hydrogen) atoms. The van der Waals surface area contributed by atoms with E-state index in [4.69, 9.17) is 9.47 Å². The molecule has 128 valence electrons. The van der Waals surface area contributed by atoms with Crippen LogP contribution in [0, 0.1) is 0 Å². The van der Waals surface area contributed by atoms with Crippen molar-refractivity contribution in [3.05, 3.63) is 29.3 Å². The van der Waals surface area contributed by atoms with Crippen LogP contribution in [0.3, 0.4) is 0 Å². The first-order chi connectivity index (χ1) is 11.7. The molecule has 1 fully saturated rings. The highest BCUT2D eigenvalue weighted by Crippen LogP contribution is 2.30. The van der Waals surface area contributed by atoms with Gasteiger partial charge in [-0.1, -0.05) is 0 Å². The lowest BCUT2D eigenvalue weighted by Crippen LogP contribution is -2.46. The molecule has 1 aromatic carbocycles. The molecule has 0 spiro atoms. The Morgan fingerprint density at radius 2 is 2.29 bits per heavy atom. The SMILES string of the molecule is CCOc1ccc2c(c1)C=C(C(=O)NC1CCCCNC1=O)CO2. The smallest absolute Gasteiger partial charge is 0.251 e. The Hall–Kier alpha value is -2.50. The first-order valence-corrected chi connectivity index (χ1v) is 8.36. The molecular weight excluding hydrogens is 308 g/mol. The molecule has 0 bridgehead atoms. The summed E-state index contributed by atoms with van der Waals surface area (Å²) in [6.07, 6.45) is 4.32. The molecule has 6 heteroatoms. The number of rotatable bonds is 4. The molecule has 2 aliphatic rings. The normalized spacial score (nSPS) is 20.0. The molecule has 1 atom stereocenters. The minimum Gasteiger partial charge on any atom is -0.494 e. The molecule has 2 N–H and O–H groups in total. The van der Waals surface area contributed by atoms with Gasteiger partial charge in [-0.2, -0.15) is 0 Å². The second-order valence-electron chi connectivity index (χ2n) is 5.90. The lowest BCUT2D eigenvalue weighted by Gasteiger charge is -2.20. The van der Waals surface area contributed by atoms with Crippen LogP contribution < -0.4 is 20.1 Å². The van der Waals surface area contributed by atoms with Gasteiger partial charge in [-0.05, 0) is 50.5 Å². The van der Waals surface area contributed by atoms with E-state index in [9.17, 15) is 9.59 Å². The number of carbonyl (C=O) groups is 2. The Morgan fingerprint density at radius 3 is 3.12 bits per heavy atom. The lowest BCUT2D eigenvalue weighted by atomic mass is 10.1. The highest BCUT2D eigenvalue weighted by atomic mass is 16.5. The Kier molecular flexibility index (Phi) is 5.03. The summed E-state index contributed by atoms with van der Waals surface area (Å²) in [6, 6.07) is 5.06. The maximum atomic E-state index is 12.5. The Balaban J connectivity index is 1.73. The Morgan fingerprint density at radius 1 is 1.42 bits per heavy atom. The van der Waals surface area contributed by atoms with Crippen LogP contribution in [0.25, 0.3) is 6.08 Å². The molecule has 0 aromatic heterocycles. The van der Waals surface area contributed by atoms with E-state index in [0.29, 0.717) is 25.1 Å². The second-order valence-corrected chi connectivity index (χ2v) is 5.90. The molecular formula is C18H22N2O4. The monoisotopic (exact) mass is 330 g/mol. The standard InChI is InChI=1S/C18H22N2O4/c1-2-23-14-6-7-16-12(10-14)9-13(11-24-16)17(21)20-15-5-3-4-8-19-18(15)22/h6-7,9-10,15H,2-5,8,11H2,1H3,(H,19,22)(H,20,21). The number of benzene rings is 1. The van der Waals surface area contributed by atoms with E-state index in [1.165, 1.54) is 0 Å². The van der Waals surface area contributed by atoms with Crippen molar-refractivity contribution in [2.24, 2.45) is 0 Å². The number of nitrogens with one attached hydrogen (secondary N) is 2. The highest BCUT2D eigenvalue weighted by molar-refractivity contribution is 6.01. The maximum absolute atomic E-state index is 12.5. The first kappa shape index (κ1) is 16.4. The summed E-state index contributed by atoms with van der Waals surface area (Å²) in [5, 5.41) is 5.64. The maximum Gasteiger partial charge on any atom is 0.251 e. The van der Waals surface area contributed by atoms with Crippen molar-refractivity contribution in [1.29, 1.82) is 0 Å². The van der Waals surface area contributed by atoms with E-state index in [1.807, 2.05) is 25.1 Å². The molecule has 1 aromatic rings. The van der Waals surface area contributed by atoms with Crippen LogP contribution in [-0.4, -0.2) is 37.6 Å². The van der Waals surface area contributed by atoms with Gasteiger partial charge >= 0.3 is 0 Å². The van der Waals surface area contributed by atoms with Gasteiger partial charge in [-0.15, -0.1) is 0 Å². The molecule has 1 unspecified atom stereocenters. The van der Waals surface area contributed by atoms with Crippen LogP contribution in [0.15, 0.2) is 23.8 Å².